The zero-order valence-electron chi connectivity index (χ0n) is 15.2. The van der Waals surface area contributed by atoms with Crippen molar-refractivity contribution in [2.75, 3.05) is 19.7 Å². The molecule has 144 valence electrons. The monoisotopic (exact) mass is 389 g/mol. The van der Waals surface area contributed by atoms with Crippen LogP contribution >= 0.6 is 12.4 Å². The highest BCUT2D eigenvalue weighted by atomic mass is 35.5. The molecule has 0 fully saturated rings. The van der Waals surface area contributed by atoms with Gasteiger partial charge in [0, 0.05) is 18.2 Å². The minimum absolute atomic E-state index is 0. The van der Waals surface area contributed by atoms with Gasteiger partial charge in [-0.15, -0.1) is 12.4 Å². The molecule has 0 saturated carbocycles. The molecule has 1 heterocycles. The highest BCUT2D eigenvalue weighted by molar-refractivity contribution is 5.85. The molecule has 0 spiro atoms. The Bertz CT molecular complexity index is 911. The number of nitrogens with one attached hydrogen (secondary N) is 1. The van der Waals surface area contributed by atoms with Crippen molar-refractivity contribution >= 4 is 23.4 Å². The minimum Gasteiger partial charge on any atom is -0.487 e. The number of aliphatic hydroxyl groups is 1. The van der Waals surface area contributed by atoms with Crippen molar-refractivity contribution in [2.24, 2.45) is 0 Å². The second kappa shape index (κ2) is 10.1. The van der Waals surface area contributed by atoms with Gasteiger partial charge >= 0.3 is 0 Å². The zero-order valence-corrected chi connectivity index (χ0v) is 16.0. The Morgan fingerprint density at radius 2 is 1.93 bits per heavy atom. The lowest BCUT2D eigenvalue weighted by Gasteiger charge is -2.14. The summed E-state index contributed by atoms with van der Waals surface area (Å²) in [5.41, 5.74) is 1.10. The lowest BCUT2D eigenvalue weighted by atomic mass is 10.1. The van der Waals surface area contributed by atoms with Crippen molar-refractivity contribution in [1.82, 2.24) is 5.32 Å². The van der Waals surface area contributed by atoms with E-state index < -0.39 is 6.10 Å². The number of halogens is 1. The third kappa shape index (κ3) is 5.32. The summed E-state index contributed by atoms with van der Waals surface area (Å²) < 4.78 is 11.7. The molecule has 0 amide bonds. The Labute approximate surface area is 164 Å². The number of hydrogen-bond acceptors (Lipinski definition) is 5. The summed E-state index contributed by atoms with van der Waals surface area (Å²) >= 11 is 0. The van der Waals surface area contributed by atoms with Crippen molar-refractivity contribution in [1.29, 1.82) is 0 Å². The standard InChI is InChI=1S/C21H23NO4.ClH/c1-2-11-22-13-16(23)14-25-19-10-6-9-17-18(24)12-20(26-21(17)19)15-7-4-3-5-8-15;/h3-10,12,16,22-23H,2,11,13-14H2,1H3;1H. The SMILES string of the molecule is CCCNCC(O)COc1cccc2c(=O)cc(-c3ccccc3)oc12.Cl. The maximum Gasteiger partial charge on any atom is 0.193 e. The highest BCUT2D eigenvalue weighted by Gasteiger charge is 2.13. The van der Waals surface area contributed by atoms with Gasteiger partial charge in [-0.25, -0.2) is 0 Å². The molecule has 0 aliphatic rings. The Balaban J connectivity index is 0.00000261. The summed E-state index contributed by atoms with van der Waals surface area (Å²) in [6.07, 6.45) is 0.366. The molecule has 2 aromatic carbocycles. The van der Waals surface area contributed by atoms with Crippen LogP contribution in [0.5, 0.6) is 5.75 Å². The van der Waals surface area contributed by atoms with Crippen LogP contribution in [0.3, 0.4) is 0 Å². The Morgan fingerprint density at radius 3 is 2.67 bits per heavy atom. The highest BCUT2D eigenvalue weighted by Crippen LogP contribution is 2.28. The summed E-state index contributed by atoms with van der Waals surface area (Å²) in [5, 5.41) is 13.6. The number of rotatable bonds is 8. The van der Waals surface area contributed by atoms with Crippen molar-refractivity contribution in [3.63, 3.8) is 0 Å². The molecule has 0 bridgehead atoms. The molecule has 2 N–H and O–H groups in total. The maximum absolute atomic E-state index is 12.5. The van der Waals surface area contributed by atoms with E-state index in [0.29, 0.717) is 29.0 Å². The average molecular weight is 390 g/mol. The first-order valence-electron chi connectivity index (χ1n) is 8.83. The summed E-state index contributed by atoms with van der Waals surface area (Å²) in [7, 11) is 0. The van der Waals surface area contributed by atoms with E-state index in [4.69, 9.17) is 9.15 Å². The van der Waals surface area contributed by atoms with E-state index in [1.807, 2.05) is 30.3 Å². The van der Waals surface area contributed by atoms with Crippen LogP contribution in [0.2, 0.25) is 0 Å². The van der Waals surface area contributed by atoms with Crippen LogP contribution in [0, 0.1) is 0 Å². The number of fused-ring (bicyclic) bond motifs is 1. The van der Waals surface area contributed by atoms with Crippen LogP contribution in [-0.2, 0) is 0 Å². The molecule has 3 rings (SSSR count). The molecule has 5 nitrogen and oxygen atoms in total. The van der Waals surface area contributed by atoms with Crippen LogP contribution in [-0.4, -0.2) is 30.9 Å². The third-order valence-electron chi connectivity index (χ3n) is 4.01. The summed E-state index contributed by atoms with van der Waals surface area (Å²) in [6, 6.07) is 16.2. The smallest absolute Gasteiger partial charge is 0.193 e. The summed E-state index contributed by atoms with van der Waals surface area (Å²) in [4.78, 5) is 12.5. The first-order valence-corrected chi connectivity index (χ1v) is 8.83. The molecule has 6 heteroatoms. The van der Waals surface area contributed by atoms with Gasteiger partial charge in [-0.05, 0) is 25.1 Å². The molecule has 3 aromatic rings. The van der Waals surface area contributed by atoms with Crippen LogP contribution in [0.4, 0.5) is 0 Å². The Morgan fingerprint density at radius 1 is 1.15 bits per heavy atom. The van der Waals surface area contributed by atoms with Gasteiger partial charge in [0.25, 0.3) is 0 Å². The minimum atomic E-state index is -0.638. The average Bonchev–Trinajstić information content (AvgIpc) is 2.67. The van der Waals surface area contributed by atoms with E-state index in [2.05, 4.69) is 12.2 Å². The van der Waals surface area contributed by atoms with Crippen molar-refractivity contribution in [3.8, 4) is 17.1 Å². The molecular weight excluding hydrogens is 366 g/mol. The van der Waals surface area contributed by atoms with E-state index in [1.54, 1.807) is 18.2 Å². The van der Waals surface area contributed by atoms with Gasteiger partial charge < -0.3 is 19.6 Å². The number of aliphatic hydroxyl groups excluding tert-OH is 1. The summed E-state index contributed by atoms with van der Waals surface area (Å²) in [6.45, 7) is 3.49. The van der Waals surface area contributed by atoms with Crippen LogP contribution in [0.15, 0.2) is 63.8 Å². The van der Waals surface area contributed by atoms with Gasteiger partial charge in [-0.3, -0.25) is 4.79 Å². The summed E-state index contributed by atoms with van der Waals surface area (Å²) in [5.74, 6) is 0.941. The first kappa shape index (κ1) is 21.0. The lowest BCUT2D eigenvalue weighted by Crippen LogP contribution is -2.31. The number of para-hydroxylation sites is 1. The molecule has 0 aliphatic carbocycles. The molecule has 1 unspecified atom stereocenters. The van der Waals surface area contributed by atoms with Crippen LogP contribution in [0.25, 0.3) is 22.3 Å². The zero-order chi connectivity index (χ0) is 18.4. The second-order valence-electron chi connectivity index (χ2n) is 6.14. The normalized spacial score (nSPS) is 11.8. The quantitative estimate of drug-likeness (QED) is 0.576. The van der Waals surface area contributed by atoms with E-state index in [1.165, 1.54) is 6.07 Å². The van der Waals surface area contributed by atoms with Gasteiger partial charge in [-0.2, -0.15) is 0 Å². The fourth-order valence-electron chi connectivity index (χ4n) is 2.70. The van der Waals surface area contributed by atoms with Gasteiger partial charge in [-0.1, -0.05) is 43.3 Å². The Kier molecular flexibility index (Phi) is 7.85. The fraction of sp³-hybridized carbons (Fsp3) is 0.286. The first-order chi connectivity index (χ1) is 12.7. The molecular formula is C21H24ClNO4. The second-order valence-corrected chi connectivity index (χ2v) is 6.14. The van der Waals surface area contributed by atoms with Crippen molar-refractivity contribution in [3.05, 3.63) is 64.8 Å². The molecule has 27 heavy (non-hydrogen) atoms. The molecule has 0 saturated heterocycles. The van der Waals surface area contributed by atoms with Gasteiger partial charge in [0.15, 0.2) is 16.8 Å². The van der Waals surface area contributed by atoms with Gasteiger partial charge in [0.05, 0.1) is 5.39 Å². The predicted octanol–water partition coefficient (Wildman–Crippen LogP) is 3.62. The van der Waals surface area contributed by atoms with E-state index >= 15 is 0 Å². The van der Waals surface area contributed by atoms with E-state index in [9.17, 15) is 9.90 Å². The Hall–Kier alpha value is -2.34. The topological polar surface area (TPSA) is 71.7 Å². The predicted molar refractivity (Wildman–Crippen MR) is 110 cm³/mol. The van der Waals surface area contributed by atoms with Crippen molar-refractivity contribution < 1.29 is 14.3 Å². The molecule has 0 aliphatic heterocycles. The fourth-order valence-corrected chi connectivity index (χ4v) is 2.70. The molecule has 1 atom stereocenters. The molecule has 0 radical (unpaired) electrons. The number of hydrogen-bond donors (Lipinski definition) is 2. The number of benzene rings is 2. The van der Waals surface area contributed by atoms with Crippen molar-refractivity contribution in [2.45, 2.75) is 19.4 Å². The van der Waals surface area contributed by atoms with Gasteiger partial charge in [0.1, 0.15) is 18.5 Å². The largest absolute Gasteiger partial charge is 0.487 e. The maximum atomic E-state index is 12.5. The van der Waals surface area contributed by atoms with Gasteiger partial charge in [0.2, 0.25) is 0 Å². The third-order valence-corrected chi connectivity index (χ3v) is 4.01. The van der Waals surface area contributed by atoms with E-state index in [-0.39, 0.29) is 24.4 Å². The number of ether oxygens (including phenoxy) is 1. The van der Waals surface area contributed by atoms with E-state index in [0.717, 1.165) is 18.5 Å². The molecule has 1 aromatic heterocycles. The van der Waals surface area contributed by atoms with Crippen LogP contribution < -0.4 is 15.5 Å². The lowest BCUT2D eigenvalue weighted by molar-refractivity contribution is 0.107. The van der Waals surface area contributed by atoms with Crippen LogP contribution in [0.1, 0.15) is 13.3 Å².